The first-order valence-corrected chi connectivity index (χ1v) is 11.0. The first-order valence-electron chi connectivity index (χ1n) is 11.0. The molecule has 36 heavy (non-hydrogen) atoms. The molecule has 0 spiro atoms. The van der Waals surface area contributed by atoms with Gasteiger partial charge in [-0.15, -0.1) is 0 Å². The number of alkyl halides is 3. The Kier molecular flexibility index (Phi) is 8.66. The SMILES string of the molecule is COc1ccc(C(=O)NCCCC(=O)Nc2cccc(C(=O)Nc3cccc(C(F)(F)F)c3)c2)cc1. The summed E-state index contributed by atoms with van der Waals surface area (Å²) in [6.45, 7) is 0.289. The number of halogens is 3. The van der Waals surface area contributed by atoms with Crippen LogP contribution in [0.4, 0.5) is 24.5 Å². The Labute approximate surface area is 205 Å². The highest BCUT2D eigenvalue weighted by Crippen LogP contribution is 2.30. The van der Waals surface area contributed by atoms with Crippen molar-refractivity contribution in [3.63, 3.8) is 0 Å². The van der Waals surface area contributed by atoms with Gasteiger partial charge in [0.25, 0.3) is 11.8 Å². The van der Waals surface area contributed by atoms with Gasteiger partial charge >= 0.3 is 6.18 Å². The van der Waals surface area contributed by atoms with E-state index in [0.29, 0.717) is 23.4 Å². The molecular formula is C26H24F3N3O4. The Balaban J connectivity index is 1.47. The molecule has 0 saturated heterocycles. The van der Waals surface area contributed by atoms with Crippen molar-refractivity contribution < 1.29 is 32.3 Å². The maximum absolute atomic E-state index is 12.9. The molecule has 7 nitrogen and oxygen atoms in total. The lowest BCUT2D eigenvalue weighted by atomic mass is 10.1. The van der Waals surface area contributed by atoms with Crippen LogP contribution in [0, 0.1) is 0 Å². The van der Waals surface area contributed by atoms with Gasteiger partial charge in [0.15, 0.2) is 0 Å². The fraction of sp³-hybridized carbons (Fsp3) is 0.192. The third-order valence-corrected chi connectivity index (χ3v) is 5.07. The Morgan fingerprint density at radius 3 is 2.14 bits per heavy atom. The summed E-state index contributed by atoms with van der Waals surface area (Å²) in [4.78, 5) is 36.9. The van der Waals surface area contributed by atoms with E-state index in [-0.39, 0.29) is 36.0 Å². The van der Waals surface area contributed by atoms with Crippen LogP contribution in [-0.4, -0.2) is 31.4 Å². The number of amides is 3. The first kappa shape index (κ1) is 26.3. The van der Waals surface area contributed by atoms with Crippen molar-refractivity contribution in [1.82, 2.24) is 5.32 Å². The van der Waals surface area contributed by atoms with Gasteiger partial charge in [-0.25, -0.2) is 0 Å². The molecule has 0 aromatic heterocycles. The van der Waals surface area contributed by atoms with E-state index in [1.807, 2.05) is 0 Å². The summed E-state index contributed by atoms with van der Waals surface area (Å²) in [5, 5.41) is 7.83. The highest BCUT2D eigenvalue weighted by atomic mass is 19.4. The average Bonchev–Trinajstić information content (AvgIpc) is 2.86. The summed E-state index contributed by atoms with van der Waals surface area (Å²) < 4.78 is 43.7. The van der Waals surface area contributed by atoms with Crippen molar-refractivity contribution in [3.05, 3.63) is 89.5 Å². The lowest BCUT2D eigenvalue weighted by molar-refractivity contribution is -0.137. The second kappa shape index (κ2) is 11.9. The second-order valence-electron chi connectivity index (χ2n) is 7.75. The van der Waals surface area contributed by atoms with Crippen molar-refractivity contribution in [2.75, 3.05) is 24.3 Å². The molecule has 0 aliphatic rings. The van der Waals surface area contributed by atoms with Crippen LogP contribution in [0.15, 0.2) is 72.8 Å². The molecule has 0 aliphatic carbocycles. The number of ether oxygens (including phenoxy) is 1. The molecule has 3 aromatic carbocycles. The summed E-state index contributed by atoms with van der Waals surface area (Å²) >= 11 is 0. The molecule has 0 saturated carbocycles. The van der Waals surface area contributed by atoms with E-state index in [9.17, 15) is 27.6 Å². The zero-order valence-corrected chi connectivity index (χ0v) is 19.3. The van der Waals surface area contributed by atoms with Crippen LogP contribution in [0.25, 0.3) is 0 Å². The van der Waals surface area contributed by atoms with Gasteiger partial charge in [0.05, 0.1) is 12.7 Å². The molecule has 0 fully saturated rings. The quantitative estimate of drug-likeness (QED) is 0.356. The Morgan fingerprint density at radius 1 is 0.806 bits per heavy atom. The van der Waals surface area contributed by atoms with Crippen LogP contribution in [-0.2, 0) is 11.0 Å². The zero-order valence-electron chi connectivity index (χ0n) is 19.3. The number of anilines is 2. The van der Waals surface area contributed by atoms with E-state index in [1.165, 1.54) is 31.4 Å². The number of methoxy groups -OCH3 is 1. The lowest BCUT2D eigenvalue weighted by Crippen LogP contribution is -2.25. The molecule has 0 atom stereocenters. The van der Waals surface area contributed by atoms with Crippen molar-refractivity contribution in [2.45, 2.75) is 19.0 Å². The van der Waals surface area contributed by atoms with Gasteiger partial charge in [0.1, 0.15) is 5.75 Å². The molecule has 10 heteroatoms. The van der Waals surface area contributed by atoms with Crippen molar-refractivity contribution in [2.24, 2.45) is 0 Å². The fourth-order valence-corrected chi connectivity index (χ4v) is 3.23. The predicted octanol–water partition coefficient (Wildman–Crippen LogP) is 5.12. The van der Waals surface area contributed by atoms with Crippen LogP contribution < -0.4 is 20.7 Å². The number of hydrogen-bond acceptors (Lipinski definition) is 4. The van der Waals surface area contributed by atoms with Crippen LogP contribution in [0.1, 0.15) is 39.1 Å². The van der Waals surface area contributed by atoms with E-state index >= 15 is 0 Å². The summed E-state index contributed by atoms with van der Waals surface area (Å²) in [7, 11) is 1.53. The highest BCUT2D eigenvalue weighted by Gasteiger charge is 2.30. The molecule has 188 valence electrons. The maximum atomic E-state index is 12.9. The number of rotatable bonds is 9. The fourth-order valence-electron chi connectivity index (χ4n) is 3.23. The number of carbonyl (C=O) groups excluding carboxylic acids is 3. The number of hydrogen-bond donors (Lipinski definition) is 3. The molecule has 0 radical (unpaired) electrons. The van der Waals surface area contributed by atoms with Crippen molar-refractivity contribution in [3.8, 4) is 5.75 Å². The largest absolute Gasteiger partial charge is 0.497 e. The Bertz CT molecular complexity index is 1230. The smallest absolute Gasteiger partial charge is 0.416 e. The molecule has 0 bridgehead atoms. The van der Waals surface area contributed by atoms with Crippen molar-refractivity contribution in [1.29, 1.82) is 0 Å². The van der Waals surface area contributed by atoms with Crippen molar-refractivity contribution >= 4 is 29.1 Å². The minimum Gasteiger partial charge on any atom is -0.497 e. The van der Waals surface area contributed by atoms with E-state index in [2.05, 4.69) is 16.0 Å². The third kappa shape index (κ3) is 7.59. The van der Waals surface area contributed by atoms with E-state index < -0.39 is 17.6 Å². The predicted molar refractivity (Wildman–Crippen MR) is 129 cm³/mol. The van der Waals surface area contributed by atoms with Gasteiger partial charge in [-0.1, -0.05) is 12.1 Å². The molecule has 0 heterocycles. The number of benzene rings is 3. The van der Waals surface area contributed by atoms with Gasteiger partial charge in [0, 0.05) is 35.5 Å². The molecule has 3 aromatic rings. The third-order valence-electron chi connectivity index (χ3n) is 5.07. The first-order chi connectivity index (χ1) is 17.2. The standard InChI is InChI=1S/C26H24F3N3O4/c1-36-22-12-10-17(11-13-22)24(34)30-14-4-9-23(33)31-20-7-2-5-18(15-20)25(35)32-21-8-3-6-19(16-21)26(27,28)29/h2-3,5-8,10-13,15-16H,4,9,14H2,1H3,(H,30,34)(H,31,33)(H,32,35). The number of carbonyl (C=O) groups is 3. The summed E-state index contributed by atoms with van der Waals surface area (Å²) in [5.41, 5.74) is 0.124. The zero-order chi connectivity index (χ0) is 26.1. The molecular weight excluding hydrogens is 475 g/mol. The van der Waals surface area contributed by atoms with Crippen LogP contribution in [0.5, 0.6) is 5.75 Å². The molecule has 0 unspecified atom stereocenters. The van der Waals surface area contributed by atoms with E-state index in [4.69, 9.17) is 4.74 Å². The van der Waals surface area contributed by atoms with E-state index in [1.54, 1.807) is 36.4 Å². The normalized spacial score (nSPS) is 10.9. The second-order valence-corrected chi connectivity index (χ2v) is 7.75. The van der Waals surface area contributed by atoms with Gasteiger partial charge in [-0.05, 0) is 67.1 Å². The molecule has 3 rings (SSSR count). The Morgan fingerprint density at radius 2 is 1.47 bits per heavy atom. The lowest BCUT2D eigenvalue weighted by Gasteiger charge is -2.11. The van der Waals surface area contributed by atoms with Crippen LogP contribution >= 0.6 is 0 Å². The average molecular weight is 499 g/mol. The highest BCUT2D eigenvalue weighted by molar-refractivity contribution is 6.05. The van der Waals surface area contributed by atoms with Gasteiger partial charge in [-0.2, -0.15) is 13.2 Å². The maximum Gasteiger partial charge on any atom is 0.416 e. The monoisotopic (exact) mass is 499 g/mol. The van der Waals surface area contributed by atoms with Crippen LogP contribution in [0.3, 0.4) is 0 Å². The topological polar surface area (TPSA) is 96.5 Å². The summed E-state index contributed by atoms with van der Waals surface area (Å²) in [6, 6.07) is 17.0. The molecule has 3 N–H and O–H groups in total. The van der Waals surface area contributed by atoms with Gasteiger partial charge in [0.2, 0.25) is 5.91 Å². The minimum absolute atomic E-state index is 0.000880. The minimum atomic E-state index is -4.52. The van der Waals surface area contributed by atoms with Gasteiger partial charge < -0.3 is 20.7 Å². The Hall–Kier alpha value is -4.34. The summed E-state index contributed by atoms with van der Waals surface area (Å²) in [5.74, 6) is -0.561. The molecule has 0 aliphatic heterocycles. The number of nitrogens with one attached hydrogen (secondary N) is 3. The summed E-state index contributed by atoms with van der Waals surface area (Å²) in [6.07, 6.45) is -4.00. The van der Waals surface area contributed by atoms with Crippen LogP contribution in [0.2, 0.25) is 0 Å². The van der Waals surface area contributed by atoms with Gasteiger partial charge in [-0.3, -0.25) is 14.4 Å². The molecule has 3 amide bonds. The van der Waals surface area contributed by atoms with E-state index in [0.717, 1.165) is 12.1 Å².